The zero-order valence-electron chi connectivity index (χ0n) is 14.7. The van der Waals surface area contributed by atoms with Gasteiger partial charge in [0.25, 0.3) is 0 Å². The zero-order chi connectivity index (χ0) is 19.4. The highest BCUT2D eigenvalue weighted by Crippen LogP contribution is 2.59. The summed E-state index contributed by atoms with van der Waals surface area (Å²) >= 11 is 0. The van der Waals surface area contributed by atoms with Crippen molar-refractivity contribution in [1.82, 2.24) is 4.72 Å². The lowest BCUT2D eigenvalue weighted by Gasteiger charge is -2.25. The highest BCUT2D eigenvalue weighted by Gasteiger charge is 2.36. The van der Waals surface area contributed by atoms with Crippen LogP contribution in [0.3, 0.4) is 0 Å². The molecule has 2 rings (SSSR count). The molecular formula is C17H21FNO5PS. The maximum absolute atomic E-state index is 13.2. The van der Waals surface area contributed by atoms with E-state index in [9.17, 15) is 17.4 Å². The smallest absolute Gasteiger partial charge is 0.311 e. The molecule has 0 aliphatic carbocycles. The topological polar surface area (TPSA) is 81.7 Å². The molecule has 0 heterocycles. The van der Waals surface area contributed by atoms with Gasteiger partial charge in [-0.05, 0) is 36.8 Å². The Morgan fingerprint density at radius 3 is 2.08 bits per heavy atom. The minimum atomic E-state index is -3.82. The number of hydrogen-bond acceptors (Lipinski definition) is 5. The molecule has 0 saturated carbocycles. The predicted molar refractivity (Wildman–Crippen MR) is 97.1 cm³/mol. The summed E-state index contributed by atoms with van der Waals surface area (Å²) in [6, 6.07) is 11.6. The average Bonchev–Trinajstić information content (AvgIpc) is 2.63. The Morgan fingerprint density at radius 2 is 1.58 bits per heavy atom. The largest absolute Gasteiger partial charge is 0.338 e. The van der Waals surface area contributed by atoms with Crippen LogP contribution in [0.15, 0.2) is 53.4 Å². The SMILES string of the molecule is COP(=O)(OC)C(CNS(=O)(=O)c1ccc(C)cc1)c1ccc(F)cc1. The monoisotopic (exact) mass is 401 g/mol. The molecule has 0 fully saturated rings. The van der Waals surface area contributed by atoms with Gasteiger partial charge in [-0.15, -0.1) is 0 Å². The van der Waals surface area contributed by atoms with Crippen LogP contribution < -0.4 is 4.72 Å². The average molecular weight is 401 g/mol. The van der Waals surface area contributed by atoms with Gasteiger partial charge in [-0.2, -0.15) is 0 Å². The van der Waals surface area contributed by atoms with E-state index >= 15 is 0 Å². The Kier molecular flexibility index (Phi) is 6.71. The summed E-state index contributed by atoms with van der Waals surface area (Å²) in [7, 11) is -5.05. The van der Waals surface area contributed by atoms with Crippen LogP contribution in [0.2, 0.25) is 0 Å². The Hall–Kier alpha value is -1.57. The van der Waals surface area contributed by atoms with E-state index in [2.05, 4.69) is 4.72 Å². The Morgan fingerprint density at radius 1 is 1.04 bits per heavy atom. The molecule has 0 aliphatic heterocycles. The molecule has 26 heavy (non-hydrogen) atoms. The van der Waals surface area contributed by atoms with Gasteiger partial charge < -0.3 is 9.05 Å². The van der Waals surface area contributed by atoms with Gasteiger partial charge in [0.2, 0.25) is 10.0 Å². The van der Waals surface area contributed by atoms with Gasteiger partial charge in [0.1, 0.15) is 5.82 Å². The van der Waals surface area contributed by atoms with Gasteiger partial charge in [-0.1, -0.05) is 29.8 Å². The van der Waals surface area contributed by atoms with E-state index in [4.69, 9.17) is 9.05 Å². The Balaban J connectivity index is 2.31. The first-order valence-electron chi connectivity index (χ1n) is 7.75. The molecule has 0 amide bonds. The summed E-state index contributed by atoms with van der Waals surface area (Å²) in [5.41, 5.74) is 0.430. The van der Waals surface area contributed by atoms with Crippen molar-refractivity contribution in [2.45, 2.75) is 17.5 Å². The molecule has 2 aromatic rings. The zero-order valence-corrected chi connectivity index (χ0v) is 16.4. The molecular weight excluding hydrogens is 380 g/mol. The second-order valence-corrected chi connectivity index (χ2v) is 9.84. The first kappa shape index (κ1) is 20.7. The highest BCUT2D eigenvalue weighted by atomic mass is 32.2. The van der Waals surface area contributed by atoms with E-state index in [0.29, 0.717) is 5.56 Å². The molecule has 142 valence electrons. The maximum atomic E-state index is 13.2. The number of aryl methyl sites for hydroxylation is 1. The third kappa shape index (κ3) is 4.78. The minimum Gasteiger partial charge on any atom is -0.311 e. The molecule has 2 aromatic carbocycles. The summed E-state index contributed by atoms with van der Waals surface area (Å²) in [5.74, 6) is -0.461. The van der Waals surface area contributed by atoms with Crippen molar-refractivity contribution in [2.24, 2.45) is 0 Å². The van der Waals surface area contributed by atoms with Crippen LogP contribution in [0.5, 0.6) is 0 Å². The van der Waals surface area contributed by atoms with E-state index in [1.165, 1.54) is 50.6 Å². The van der Waals surface area contributed by atoms with Crippen LogP contribution >= 0.6 is 7.60 Å². The van der Waals surface area contributed by atoms with E-state index < -0.39 is 29.1 Å². The lowest BCUT2D eigenvalue weighted by atomic mass is 10.1. The summed E-state index contributed by atoms with van der Waals surface area (Å²) in [6.07, 6.45) is 0. The normalized spacial score (nSPS) is 13.5. The maximum Gasteiger partial charge on any atom is 0.338 e. The quantitative estimate of drug-likeness (QED) is 0.683. The standard InChI is InChI=1S/C17H21FNO5PS/c1-13-4-10-16(11-5-13)26(21,22)19-12-17(25(20,23-2)24-3)14-6-8-15(18)9-7-14/h4-11,17,19H,12H2,1-3H3. The van der Waals surface area contributed by atoms with Gasteiger partial charge in [-0.25, -0.2) is 17.5 Å². The second kappa shape index (κ2) is 8.41. The molecule has 0 bridgehead atoms. The molecule has 0 aromatic heterocycles. The van der Waals surface area contributed by atoms with Crippen molar-refractivity contribution < 1.29 is 26.4 Å². The molecule has 1 unspecified atom stereocenters. The first-order valence-corrected chi connectivity index (χ1v) is 10.8. The highest BCUT2D eigenvalue weighted by molar-refractivity contribution is 7.89. The van der Waals surface area contributed by atoms with E-state index in [1.807, 2.05) is 6.92 Å². The van der Waals surface area contributed by atoms with Crippen LogP contribution in [-0.2, 0) is 23.6 Å². The van der Waals surface area contributed by atoms with Crippen molar-refractivity contribution in [3.05, 3.63) is 65.5 Å². The van der Waals surface area contributed by atoms with Crippen LogP contribution in [-0.4, -0.2) is 29.2 Å². The molecule has 0 spiro atoms. The van der Waals surface area contributed by atoms with Crippen LogP contribution in [0.4, 0.5) is 4.39 Å². The van der Waals surface area contributed by atoms with E-state index in [0.717, 1.165) is 5.56 Å². The fourth-order valence-electron chi connectivity index (χ4n) is 2.42. The van der Waals surface area contributed by atoms with Gasteiger partial charge >= 0.3 is 7.60 Å². The van der Waals surface area contributed by atoms with Gasteiger partial charge in [0.05, 0.1) is 10.6 Å². The number of hydrogen-bond donors (Lipinski definition) is 1. The van der Waals surface area contributed by atoms with Crippen LogP contribution in [0, 0.1) is 12.7 Å². The third-order valence-electron chi connectivity index (χ3n) is 3.94. The first-order chi connectivity index (χ1) is 12.2. The molecule has 0 aliphatic rings. The fourth-order valence-corrected chi connectivity index (χ4v) is 5.10. The molecule has 1 N–H and O–H groups in total. The molecule has 0 saturated heterocycles. The van der Waals surface area contributed by atoms with Gasteiger partial charge in [0.15, 0.2) is 0 Å². The Labute approximate surface area is 152 Å². The molecule has 0 radical (unpaired) electrons. The molecule has 6 nitrogen and oxygen atoms in total. The van der Waals surface area contributed by atoms with Crippen molar-refractivity contribution in [2.75, 3.05) is 20.8 Å². The number of benzene rings is 2. The fraction of sp³-hybridized carbons (Fsp3) is 0.294. The van der Waals surface area contributed by atoms with E-state index in [-0.39, 0.29) is 11.4 Å². The third-order valence-corrected chi connectivity index (χ3v) is 7.65. The van der Waals surface area contributed by atoms with Crippen molar-refractivity contribution in [3.8, 4) is 0 Å². The summed E-state index contributed by atoms with van der Waals surface area (Å²) < 4.78 is 63.5. The van der Waals surface area contributed by atoms with Crippen LogP contribution in [0.25, 0.3) is 0 Å². The summed E-state index contributed by atoms with van der Waals surface area (Å²) in [4.78, 5) is 0.0885. The van der Waals surface area contributed by atoms with Gasteiger partial charge in [-0.3, -0.25) is 4.57 Å². The summed E-state index contributed by atoms with van der Waals surface area (Å²) in [5, 5.41) is 0. The van der Waals surface area contributed by atoms with Crippen molar-refractivity contribution in [3.63, 3.8) is 0 Å². The number of rotatable bonds is 8. The summed E-state index contributed by atoms with van der Waals surface area (Å²) in [6.45, 7) is 1.61. The lowest BCUT2D eigenvalue weighted by Crippen LogP contribution is -2.29. The number of sulfonamides is 1. The number of halogens is 1. The molecule has 9 heteroatoms. The number of nitrogens with one attached hydrogen (secondary N) is 1. The van der Waals surface area contributed by atoms with E-state index in [1.54, 1.807) is 12.1 Å². The molecule has 1 atom stereocenters. The van der Waals surface area contributed by atoms with Gasteiger partial charge in [0, 0.05) is 20.8 Å². The lowest BCUT2D eigenvalue weighted by molar-refractivity contribution is 0.265. The Bertz CT molecular complexity index is 876. The minimum absolute atomic E-state index is 0.0885. The second-order valence-electron chi connectivity index (χ2n) is 5.64. The van der Waals surface area contributed by atoms with Crippen molar-refractivity contribution >= 4 is 17.6 Å². The van der Waals surface area contributed by atoms with Crippen LogP contribution in [0.1, 0.15) is 16.8 Å². The van der Waals surface area contributed by atoms with Crippen molar-refractivity contribution in [1.29, 1.82) is 0 Å². The predicted octanol–water partition coefficient (Wildman–Crippen LogP) is 3.64.